The van der Waals surface area contributed by atoms with E-state index in [1.807, 2.05) is 13.0 Å². The smallest absolute Gasteiger partial charge is 0.339 e. The number of hydrogen-bond acceptors (Lipinski definition) is 2. The Morgan fingerprint density at radius 1 is 1.25 bits per heavy atom. The van der Waals surface area contributed by atoms with E-state index in [0.29, 0.717) is 0 Å². The Bertz CT molecular complexity index is 277. The molecule has 0 amide bonds. The Hall–Kier alpha value is -0.470. The number of ether oxygens (including phenoxy) is 1. The van der Waals surface area contributed by atoms with Crippen molar-refractivity contribution in [1.29, 1.82) is 0 Å². The quantitative estimate of drug-likeness (QED) is 0.412. The molecule has 0 spiro atoms. The molecule has 0 radical (unpaired) electrons. The minimum atomic E-state index is -1.10. The molecule has 0 aliphatic heterocycles. The zero-order valence-electron chi connectivity index (χ0n) is 9.93. The summed E-state index contributed by atoms with van der Waals surface area (Å²) in [5.74, 6) is -0.600. The minimum Gasteiger partial charge on any atom is -0.459 e. The summed E-state index contributed by atoms with van der Waals surface area (Å²) in [5, 5.41) is 0. The molecule has 0 bridgehead atoms. The van der Waals surface area contributed by atoms with Crippen molar-refractivity contribution in [2.45, 2.75) is 38.4 Å². The zero-order valence-corrected chi connectivity index (χ0v) is 11.4. The lowest BCUT2D eigenvalue weighted by molar-refractivity contribution is -0.140. The van der Waals surface area contributed by atoms with Gasteiger partial charge in [0.25, 0.3) is 0 Å². The van der Waals surface area contributed by atoms with Crippen molar-refractivity contribution >= 4 is 29.2 Å². The Morgan fingerprint density at radius 3 is 2.38 bits per heavy atom. The van der Waals surface area contributed by atoms with Gasteiger partial charge in [0.1, 0.15) is 6.61 Å². The van der Waals surface area contributed by atoms with Crippen molar-refractivity contribution in [3.63, 3.8) is 0 Å². The number of carbonyl (C=O) groups excluding carboxylic acids is 1. The largest absolute Gasteiger partial charge is 0.459 e. The summed E-state index contributed by atoms with van der Waals surface area (Å²) >= 11 is 10.6. The van der Waals surface area contributed by atoms with Crippen molar-refractivity contribution in [2.75, 3.05) is 6.61 Å². The normalized spacial score (nSPS) is 11.5. The molecular formula is C12H18Cl2O2. The maximum Gasteiger partial charge on any atom is 0.339 e. The predicted molar refractivity (Wildman–Crippen MR) is 68.9 cm³/mol. The molecule has 0 aliphatic carbocycles. The number of rotatable bonds is 6. The number of carbonyl (C=O) groups is 1. The highest BCUT2D eigenvalue weighted by Crippen LogP contribution is 2.07. The van der Waals surface area contributed by atoms with Gasteiger partial charge in [-0.2, -0.15) is 0 Å². The fraction of sp³-hybridized carbons (Fsp3) is 0.583. The molecule has 0 saturated heterocycles. The molecule has 0 fully saturated rings. The van der Waals surface area contributed by atoms with Gasteiger partial charge in [0.15, 0.2) is 0 Å². The number of alkyl halides is 2. The van der Waals surface area contributed by atoms with Crippen LogP contribution < -0.4 is 0 Å². The molecular weight excluding hydrogens is 247 g/mol. The summed E-state index contributed by atoms with van der Waals surface area (Å²) in [4.78, 5) is 9.80. The van der Waals surface area contributed by atoms with Gasteiger partial charge < -0.3 is 4.74 Å². The highest BCUT2D eigenvalue weighted by Gasteiger charge is 2.11. The van der Waals surface area contributed by atoms with E-state index in [0.717, 1.165) is 12.8 Å². The number of allylic oxidation sites excluding steroid dienone is 3. The Kier molecular flexibility index (Phi) is 8.40. The van der Waals surface area contributed by atoms with E-state index < -0.39 is 10.8 Å². The molecule has 0 aromatic carbocycles. The topological polar surface area (TPSA) is 26.3 Å². The van der Waals surface area contributed by atoms with Crippen molar-refractivity contribution in [2.24, 2.45) is 0 Å². The fourth-order valence-electron chi connectivity index (χ4n) is 1.02. The summed E-state index contributed by atoms with van der Waals surface area (Å²) < 4.78 is 4.81. The van der Waals surface area contributed by atoms with E-state index in [4.69, 9.17) is 27.9 Å². The van der Waals surface area contributed by atoms with Gasteiger partial charge in [-0.05, 0) is 39.7 Å². The van der Waals surface area contributed by atoms with Gasteiger partial charge in [-0.1, -0.05) is 40.4 Å². The van der Waals surface area contributed by atoms with E-state index >= 15 is 0 Å². The highest BCUT2D eigenvalue weighted by atomic mass is 35.5. The third-order valence-electron chi connectivity index (χ3n) is 1.93. The van der Waals surface area contributed by atoms with Crippen LogP contribution in [0.15, 0.2) is 23.3 Å². The lowest BCUT2D eigenvalue weighted by atomic mass is 10.1. The summed E-state index contributed by atoms with van der Waals surface area (Å²) in [6.45, 7) is 6.38. The average Bonchev–Trinajstić information content (AvgIpc) is 2.16. The molecule has 4 heteroatoms. The molecule has 16 heavy (non-hydrogen) atoms. The molecule has 0 heterocycles. The lowest BCUT2D eigenvalue weighted by Crippen LogP contribution is -2.12. The van der Waals surface area contributed by atoms with Crippen LogP contribution in [0.3, 0.4) is 0 Å². The maximum atomic E-state index is 10.9. The first-order chi connectivity index (χ1) is 7.43. The van der Waals surface area contributed by atoms with E-state index in [1.165, 1.54) is 11.1 Å². The monoisotopic (exact) mass is 264 g/mol. The van der Waals surface area contributed by atoms with Crippen LogP contribution in [0.1, 0.15) is 33.6 Å². The van der Waals surface area contributed by atoms with Crippen molar-refractivity contribution in [3.8, 4) is 0 Å². The van der Waals surface area contributed by atoms with Crippen LogP contribution in [0.2, 0.25) is 0 Å². The summed E-state index contributed by atoms with van der Waals surface area (Å²) in [6.07, 6.45) is 6.02. The molecule has 0 aliphatic rings. The molecule has 2 nitrogen and oxygen atoms in total. The first-order valence-electron chi connectivity index (χ1n) is 5.17. The van der Waals surface area contributed by atoms with E-state index in [2.05, 4.69) is 19.9 Å². The van der Waals surface area contributed by atoms with Gasteiger partial charge in [-0.25, -0.2) is 4.79 Å². The number of halogens is 2. The molecule has 0 atom stereocenters. The van der Waals surface area contributed by atoms with Gasteiger partial charge >= 0.3 is 5.97 Å². The second kappa shape index (κ2) is 8.66. The van der Waals surface area contributed by atoms with Gasteiger partial charge in [0, 0.05) is 0 Å². The molecule has 0 aromatic heterocycles. The van der Waals surface area contributed by atoms with Crippen LogP contribution in [0, 0.1) is 0 Å². The van der Waals surface area contributed by atoms with Crippen molar-refractivity contribution < 1.29 is 9.53 Å². The van der Waals surface area contributed by atoms with Crippen LogP contribution >= 0.6 is 23.2 Å². The van der Waals surface area contributed by atoms with E-state index in [-0.39, 0.29) is 6.61 Å². The zero-order chi connectivity index (χ0) is 12.6. The van der Waals surface area contributed by atoms with Crippen LogP contribution in [0.4, 0.5) is 0 Å². The van der Waals surface area contributed by atoms with Crippen LogP contribution in [0.25, 0.3) is 0 Å². The first-order valence-corrected chi connectivity index (χ1v) is 6.04. The highest BCUT2D eigenvalue weighted by molar-refractivity contribution is 6.52. The molecule has 0 N–H and O–H groups in total. The summed E-state index contributed by atoms with van der Waals surface area (Å²) in [5.41, 5.74) is 2.50. The predicted octanol–water partition coefficient (Wildman–Crippen LogP) is 4.03. The lowest BCUT2D eigenvalue weighted by Gasteiger charge is -2.03. The molecule has 0 unspecified atom stereocenters. The van der Waals surface area contributed by atoms with Gasteiger partial charge in [0.2, 0.25) is 4.84 Å². The van der Waals surface area contributed by atoms with Crippen LogP contribution in [0.5, 0.6) is 0 Å². The Balaban J connectivity index is 3.79. The number of esters is 1. The first kappa shape index (κ1) is 15.5. The molecule has 0 saturated carbocycles. The maximum absolute atomic E-state index is 10.9. The Morgan fingerprint density at radius 2 is 1.88 bits per heavy atom. The van der Waals surface area contributed by atoms with Gasteiger partial charge in [0.05, 0.1) is 0 Å². The third-order valence-corrected chi connectivity index (χ3v) is 2.28. The van der Waals surface area contributed by atoms with Gasteiger partial charge in [-0.15, -0.1) is 0 Å². The molecule has 0 rings (SSSR count). The van der Waals surface area contributed by atoms with Crippen molar-refractivity contribution in [3.05, 3.63) is 23.3 Å². The standard InChI is InChI=1S/C12H18Cl2O2/c1-9(2)5-4-6-10(3)7-8-16-12(15)11(13)14/h5,7,11H,4,6,8H2,1-3H3/b10-7-. The van der Waals surface area contributed by atoms with Gasteiger partial charge in [-0.3, -0.25) is 0 Å². The SMILES string of the molecule is CC(C)=CCC/C(C)=C\COC(=O)C(Cl)Cl. The second-order valence-corrected chi connectivity index (χ2v) is 4.90. The minimum absolute atomic E-state index is 0.232. The van der Waals surface area contributed by atoms with E-state index in [1.54, 1.807) is 0 Å². The number of hydrogen-bond donors (Lipinski definition) is 0. The third kappa shape index (κ3) is 8.81. The Labute approximate surface area is 107 Å². The molecule has 0 aromatic rings. The summed E-state index contributed by atoms with van der Waals surface area (Å²) in [7, 11) is 0. The second-order valence-electron chi connectivity index (χ2n) is 3.80. The van der Waals surface area contributed by atoms with Crippen LogP contribution in [-0.4, -0.2) is 17.4 Å². The fourth-order valence-corrected chi connectivity index (χ4v) is 1.15. The average molecular weight is 265 g/mol. The molecule has 92 valence electrons. The van der Waals surface area contributed by atoms with E-state index in [9.17, 15) is 4.79 Å². The summed E-state index contributed by atoms with van der Waals surface area (Å²) in [6, 6.07) is 0. The van der Waals surface area contributed by atoms with Crippen LogP contribution in [-0.2, 0) is 9.53 Å². The van der Waals surface area contributed by atoms with Crippen molar-refractivity contribution in [1.82, 2.24) is 0 Å².